The summed E-state index contributed by atoms with van der Waals surface area (Å²) < 4.78 is 0.931. The minimum atomic E-state index is -0.585. The van der Waals surface area contributed by atoms with Gasteiger partial charge in [-0.2, -0.15) is 5.26 Å². The number of nitrogens with two attached hydrogens (primary N) is 1. The maximum atomic E-state index is 11.7. The van der Waals surface area contributed by atoms with Crippen molar-refractivity contribution >= 4 is 38.4 Å². The fourth-order valence-electron chi connectivity index (χ4n) is 2.74. The number of nitrogens with one attached hydrogen (secondary N) is 1. The van der Waals surface area contributed by atoms with Gasteiger partial charge in [0.2, 0.25) is 5.91 Å². The molecular weight excluding hydrogens is 394 g/mol. The monoisotopic (exact) mass is 409 g/mol. The number of primary amides is 1. The molecule has 6 nitrogen and oxygen atoms in total. The van der Waals surface area contributed by atoms with Gasteiger partial charge in [-0.25, -0.2) is 4.98 Å². The summed E-state index contributed by atoms with van der Waals surface area (Å²) in [6, 6.07) is 10.9. The Morgan fingerprint density at radius 1 is 1.35 bits per heavy atom. The van der Waals surface area contributed by atoms with Crippen LogP contribution in [0.1, 0.15) is 18.9 Å². The maximum absolute atomic E-state index is 11.7. The number of nitrogens with zero attached hydrogens (tertiary/aromatic N) is 3. The molecule has 1 amide bonds. The molecule has 2 aromatic heterocycles. The molecule has 0 unspecified atom stereocenters. The van der Waals surface area contributed by atoms with E-state index >= 15 is 0 Å². The number of carbonyl (C=O) groups is 1. The van der Waals surface area contributed by atoms with Crippen LogP contribution in [0.25, 0.3) is 22.2 Å². The average Bonchev–Trinajstić information content (AvgIpc) is 2.65. The van der Waals surface area contributed by atoms with Crippen LogP contribution in [0.5, 0.6) is 0 Å². The van der Waals surface area contributed by atoms with Gasteiger partial charge >= 0.3 is 0 Å². The molecule has 3 aromatic rings. The minimum Gasteiger partial charge on any atom is -0.372 e. The standard InChI is InChI=1S/C19H16BrN5O/c1-2-15(19(22)26)24-18-13-7-8-23-10-16(13)25-17(14(18)9-21)11-3-5-12(20)6-4-11/h3-8,10,15H,2H2,1H3,(H2,22,26)(H,24,25)/t15-/m0/s1. The predicted octanol–water partition coefficient (Wildman–Crippen LogP) is 3.61. The number of anilines is 1. The van der Waals surface area contributed by atoms with Crippen molar-refractivity contribution in [3.8, 4) is 17.3 Å². The van der Waals surface area contributed by atoms with Crippen molar-refractivity contribution in [2.75, 3.05) is 5.32 Å². The topological polar surface area (TPSA) is 105 Å². The van der Waals surface area contributed by atoms with Gasteiger partial charge in [-0.3, -0.25) is 9.78 Å². The largest absolute Gasteiger partial charge is 0.372 e. The third kappa shape index (κ3) is 3.37. The number of benzene rings is 1. The molecule has 2 heterocycles. The van der Waals surface area contributed by atoms with Crippen molar-refractivity contribution < 1.29 is 4.79 Å². The van der Waals surface area contributed by atoms with Gasteiger partial charge < -0.3 is 11.1 Å². The molecule has 0 radical (unpaired) electrons. The van der Waals surface area contributed by atoms with Crippen molar-refractivity contribution in [2.45, 2.75) is 19.4 Å². The van der Waals surface area contributed by atoms with Gasteiger partial charge in [0.05, 0.1) is 23.1 Å². The molecule has 26 heavy (non-hydrogen) atoms. The molecule has 0 aliphatic rings. The van der Waals surface area contributed by atoms with E-state index < -0.39 is 11.9 Å². The molecule has 1 atom stereocenters. The Labute approximate surface area is 159 Å². The summed E-state index contributed by atoms with van der Waals surface area (Å²) in [5.41, 5.74) is 8.35. The second-order valence-electron chi connectivity index (χ2n) is 5.73. The molecule has 0 saturated heterocycles. The molecule has 130 valence electrons. The van der Waals surface area contributed by atoms with Crippen LogP contribution in [0.2, 0.25) is 0 Å². The Bertz CT molecular complexity index is 1010. The zero-order valence-corrected chi connectivity index (χ0v) is 15.6. The van der Waals surface area contributed by atoms with E-state index in [9.17, 15) is 10.1 Å². The predicted molar refractivity (Wildman–Crippen MR) is 104 cm³/mol. The molecule has 0 aliphatic heterocycles. The van der Waals surface area contributed by atoms with Gasteiger partial charge in [0.1, 0.15) is 17.7 Å². The Balaban J connectivity index is 2.28. The third-order valence-corrected chi connectivity index (χ3v) is 4.62. The zero-order chi connectivity index (χ0) is 18.7. The first-order valence-electron chi connectivity index (χ1n) is 8.04. The van der Waals surface area contributed by atoms with E-state index in [-0.39, 0.29) is 0 Å². The molecule has 7 heteroatoms. The number of rotatable bonds is 5. The SMILES string of the molecule is CC[C@H](Nc1c(C#N)c(-c2ccc(Br)cc2)nc2cnccc12)C(N)=O. The highest BCUT2D eigenvalue weighted by Gasteiger charge is 2.21. The molecule has 0 fully saturated rings. The highest BCUT2D eigenvalue weighted by atomic mass is 79.9. The lowest BCUT2D eigenvalue weighted by molar-refractivity contribution is -0.118. The first kappa shape index (κ1) is 17.8. The fourth-order valence-corrected chi connectivity index (χ4v) is 3.00. The van der Waals surface area contributed by atoms with Crippen molar-refractivity contribution in [3.63, 3.8) is 0 Å². The van der Waals surface area contributed by atoms with Crippen molar-refractivity contribution in [3.05, 3.63) is 52.8 Å². The summed E-state index contributed by atoms with van der Waals surface area (Å²) in [6.45, 7) is 1.86. The molecule has 0 spiro atoms. The van der Waals surface area contributed by atoms with Gasteiger partial charge in [-0.15, -0.1) is 0 Å². The number of nitriles is 1. The number of halogens is 1. The van der Waals surface area contributed by atoms with Crippen LogP contribution in [0.15, 0.2) is 47.2 Å². The fraction of sp³-hybridized carbons (Fsp3) is 0.158. The number of amides is 1. The number of hydrogen-bond donors (Lipinski definition) is 2. The number of hydrogen-bond acceptors (Lipinski definition) is 5. The van der Waals surface area contributed by atoms with E-state index in [0.717, 1.165) is 15.4 Å². The summed E-state index contributed by atoms with van der Waals surface area (Å²) >= 11 is 3.41. The number of carbonyl (C=O) groups excluding carboxylic acids is 1. The van der Waals surface area contributed by atoms with Crippen LogP contribution in [-0.4, -0.2) is 21.9 Å². The molecule has 1 aromatic carbocycles. The van der Waals surface area contributed by atoms with Gasteiger partial charge in [0.15, 0.2) is 0 Å². The Hall–Kier alpha value is -2.98. The lowest BCUT2D eigenvalue weighted by Gasteiger charge is -2.19. The van der Waals surface area contributed by atoms with Gasteiger partial charge in [-0.05, 0) is 24.6 Å². The van der Waals surface area contributed by atoms with Crippen molar-refractivity contribution in [1.82, 2.24) is 9.97 Å². The zero-order valence-electron chi connectivity index (χ0n) is 14.0. The Morgan fingerprint density at radius 2 is 2.08 bits per heavy atom. The highest BCUT2D eigenvalue weighted by molar-refractivity contribution is 9.10. The molecule has 0 aliphatic carbocycles. The van der Waals surface area contributed by atoms with Gasteiger partial charge in [0.25, 0.3) is 0 Å². The van der Waals surface area contributed by atoms with Crippen LogP contribution < -0.4 is 11.1 Å². The molecule has 0 bridgehead atoms. The normalized spacial score (nSPS) is 11.7. The summed E-state index contributed by atoms with van der Waals surface area (Å²) in [4.78, 5) is 20.5. The first-order chi connectivity index (χ1) is 12.5. The summed E-state index contributed by atoms with van der Waals surface area (Å²) in [5.74, 6) is -0.472. The number of pyridine rings is 2. The Kier molecular flexibility index (Phi) is 5.14. The third-order valence-electron chi connectivity index (χ3n) is 4.09. The van der Waals surface area contributed by atoms with Crippen LogP contribution in [0.3, 0.4) is 0 Å². The molecular formula is C19H16BrN5O. The van der Waals surface area contributed by atoms with Crippen LogP contribution in [0.4, 0.5) is 5.69 Å². The summed E-state index contributed by atoms with van der Waals surface area (Å²) in [5, 5.41) is 13.7. The van der Waals surface area contributed by atoms with Crippen LogP contribution in [0, 0.1) is 11.3 Å². The quantitative estimate of drug-likeness (QED) is 0.669. The van der Waals surface area contributed by atoms with E-state index in [4.69, 9.17) is 5.73 Å². The highest BCUT2D eigenvalue weighted by Crippen LogP contribution is 2.34. The van der Waals surface area contributed by atoms with Crippen molar-refractivity contribution in [1.29, 1.82) is 5.26 Å². The number of aromatic nitrogens is 2. The molecule has 0 saturated carbocycles. The van der Waals surface area contributed by atoms with Crippen molar-refractivity contribution in [2.24, 2.45) is 5.73 Å². The average molecular weight is 410 g/mol. The Morgan fingerprint density at radius 3 is 2.69 bits per heavy atom. The van der Waals surface area contributed by atoms with E-state index in [0.29, 0.717) is 28.9 Å². The second kappa shape index (κ2) is 7.50. The molecule has 3 rings (SSSR count). The van der Waals surface area contributed by atoms with E-state index in [1.54, 1.807) is 18.5 Å². The number of fused-ring (bicyclic) bond motifs is 1. The van der Waals surface area contributed by atoms with Crippen LogP contribution >= 0.6 is 15.9 Å². The van der Waals surface area contributed by atoms with Gasteiger partial charge in [-0.1, -0.05) is 35.0 Å². The lowest BCUT2D eigenvalue weighted by atomic mass is 10.0. The smallest absolute Gasteiger partial charge is 0.239 e. The van der Waals surface area contributed by atoms with Gasteiger partial charge in [0, 0.05) is 21.6 Å². The minimum absolute atomic E-state index is 0.366. The van der Waals surface area contributed by atoms with E-state index in [2.05, 4.69) is 37.3 Å². The first-order valence-corrected chi connectivity index (χ1v) is 8.84. The summed E-state index contributed by atoms with van der Waals surface area (Å²) in [7, 11) is 0. The molecule has 3 N–H and O–H groups in total. The van der Waals surface area contributed by atoms with E-state index in [1.165, 1.54) is 0 Å². The summed E-state index contributed by atoms with van der Waals surface area (Å²) in [6.07, 6.45) is 3.76. The second-order valence-corrected chi connectivity index (χ2v) is 6.65. The van der Waals surface area contributed by atoms with E-state index in [1.807, 2.05) is 31.2 Å². The maximum Gasteiger partial charge on any atom is 0.239 e. The lowest BCUT2D eigenvalue weighted by Crippen LogP contribution is -2.35. The van der Waals surface area contributed by atoms with Crippen LogP contribution in [-0.2, 0) is 4.79 Å².